The minimum absolute atomic E-state index is 0.0495. The van der Waals surface area contributed by atoms with Gasteiger partial charge in [0.25, 0.3) is 0 Å². The minimum atomic E-state index is -0.540. The molecule has 2 N–H and O–H groups in total. The Morgan fingerprint density at radius 2 is 2.04 bits per heavy atom. The number of rotatable bonds is 9. The molecule has 134 valence electrons. The zero-order chi connectivity index (χ0) is 17.2. The number of amides is 1. The molecule has 1 unspecified atom stereocenters. The number of ether oxygens (including phenoxy) is 1. The number of hydrogen-bond acceptors (Lipinski definition) is 5. The van der Waals surface area contributed by atoms with Crippen LogP contribution in [0.15, 0.2) is 30.3 Å². The molecule has 1 fully saturated rings. The van der Waals surface area contributed by atoms with E-state index in [0.29, 0.717) is 32.8 Å². The van der Waals surface area contributed by atoms with Crippen molar-refractivity contribution < 1.29 is 14.6 Å². The molecule has 1 atom stereocenters. The van der Waals surface area contributed by atoms with Gasteiger partial charge in [-0.25, -0.2) is 0 Å². The lowest BCUT2D eigenvalue weighted by Gasteiger charge is -2.28. The number of nitrogens with zero attached hydrogens (tertiary/aromatic N) is 2. The van der Waals surface area contributed by atoms with Crippen LogP contribution in [0.1, 0.15) is 5.56 Å². The maximum atomic E-state index is 12.0. The fourth-order valence-corrected chi connectivity index (χ4v) is 2.72. The second-order valence-corrected chi connectivity index (χ2v) is 6.34. The van der Waals surface area contributed by atoms with Crippen molar-refractivity contribution in [3.8, 4) is 0 Å². The van der Waals surface area contributed by atoms with Crippen molar-refractivity contribution in [2.45, 2.75) is 12.5 Å². The van der Waals surface area contributed by atoms with Gasteiger partial charge in [-0.15, -0.1) is 0 Å². The summed E-state index contributed by atoms with van der Waals surface area (Å²) in [5, 5.41) is 12.8. The largest absolute Gasteiger partial charge is 0.390 e. The highest BCUT2D eigenvalue weighted by Crippen LogP contribution is 2.01. The summed E-state index contributed by atoms with van der Waals surface area (Å²) in [5.41, 5.74) is 1.27. The molecule has 0 aromatic heterocycles. The predicted octanol–water partition coefficient (Wildman–Crippen LogP) is -0.0298. The highest BCUT2D eigenvalue weighted by Gasteiger charge is 2.15. The molecule has 24 heavy (non-hydrogen) atoms. The van der Waals surface area contributed by atoms with E-state index in [4.69, 9.17) is 4.74 Å². The third-order valence-electron chi connectivity index (χ3n) is 4.15. The molecular weight excluding hydrogens is 306 g/mol. The number of likely N-dealkylation sites (N-methyl/N-ethyl adjacent to an activating group) is 1. The molecule has 1 aromatic carbocycles. The first kappa shape index (κ1) is 18.9. The van der Waals surface area contributed by atoms with E-state index in [1.807, 2.05) is 30.1 Å². The van der Waals surface area contributed by atoms with Crippen LogP contribution < -0.4 is 5.32 Å². The van der Waals surface area contributed by atoms with Crippen molar-refractivity contribution in [3.63, 3.8) is 0 Å². The lowest BCUT2D eigenvalue weighted by atomic mass is 10.1. The smallest absolute Gasteiger partial charge is 0.234 e. The fourth-order valence-electron chi connectivity index (χ4n) is 2.72. The summed E-state index contributed by atoms with van der Waals surface area (Å²) < 4.78 is 5.28. The lowest BCUT2D eigenvalue weighted by molar-refractivity contribution is -0.122. The minimum Gasteiger partial charge on any atom is -0.390 e. The lowest BCUT2D eigenvalue weighted by Crippen LogP contribution is -2.45. The second-order valence-electron chi connectivity index (χ2n) is 6.34. The average molecular weight is 335 g/mol. The molecule has 1 aliphatic rings. The van der Waals surface area contributed by atoms with Crippen molar-refractivity contribution in [1.82, 2.24) is 15.1 Å². The van der Waals surface area contributed by atoms with E-state index in [9.17, 15) is 9.90 Å². The van der Waals surface area contributed by atoms with Crippen LogP contribution >= 0.6 is 0 Å². The van der Waals surface area contributed by atoms with Crippen LogP contribution in [-0.2, 0) is 16.0 Å². The van der Waals surface area contributed by atoms with Crippen LogP contribution in [0, 0.1) is 0 Å². The monoisotopic (exact) mass is 335 g/mol. The Bertz CT molecular complexity index is 478. The van der Waals surface area contributed by atoms with E-state index in [-0.39, 0.29) is 5.91 Å². The Balaban J connectivity index is 1.58. The number of hydrogen-bond donors (Lipinski definition) is 2. The first-order valence-corrected chi connectivity index (χ1v) is 8.61. The van der Waals surface area contributed by atoms with Crippen LogP contribution in [0.3, 0.4) is 0 Å². The number of carbonyl (C=O) groups is 1. The number of morpholine rings is 1. The molecule has 1 amide bonds. The van der Waals surface area contributed by atoms with Gasteiger partial charge in [0.15, 0.2) is 0 Å². The molecule has 0 radical (unpaired) electrons. The third kappa shape index (κ3) is 7.40. The van der Waals surface area contributed by atoms with Crippen LogP contribution in [0.2, 0.25) is 0 Å². The Labute approximate surface area is 144 Å². The Kier molecular flexibility index (Phi) is 8.18. The Morgan fingerprint density at radius 1 is 1.33 bits per heavy atom. The molecule has 6 heteroatoms. The highest BCUT2D eigenvalue weighted by molar-refractivity contribution is 5.77. The summed E-state index contributed by atoms with van der Waals surface area (Å²) in [6.45, 7) is 5.15. The maximum absolute atomic E-state index is 12.0. The van der Waals surface area contributed by atoms with Crippen LogP contribution in [0.25, 0.3) is 0 Å². The summed E-state index contributed by atoms with van der Waals surface area (Å²) in [6, 6.07) is 10.2. The van der Waals surface area contributed by atoms with Gasteiger partial charge in [0.05, 0.1) is 25.9 Å². The molecule has 0 bridgehead atoms. The number of β-amino-alcohol motifs (C(OH)–C–C–N with tert-alkyl or cyclic N) is 1. The zero-order valence-electron chi connectivity index (χ0n) is 14.5. The number of aliphatic hydroxyl groups excluding tert-OH is 1. The zero-order valence-corrected chi connectivity index (χ0v) is 14.5. The van der Waals surface area contributed by atoms with Crippen LogP contribution in [-0.4, -0.2) is 86.4 Å². The summed E-state index contributed by atoms with van der Waals surface area (Å²) >= 11 is 0. The van der Waals surface area contributed by atoms with Gasteiger partial charge in [0, 0.05) is 32.7 Å². The number of carbonyl (C=O) groups excluding carboxylic acids is 1. The Hall–Kier alpha value is -1.47. The summed E-state index contributed by atoms with van der Waals surface area (Å²) in [5.74, 6) is -0.0495. The quantitative estimate of drug-likeness (QED) is 0.664. The summed E-state index contributed by atoms with van der Waals surface area (Å²) in [7, 11) is 1.94. The average Bonchev–Trinajstić information content (AvgIpc) is 2.60. The van der Waals surface area contributed by atoms with E-state index in [1.54, 1.807) is 0 Å². The molecule has 0 saturated carbocycles. The molecule has 0 spiro atoms. The second kappa shape index (κ2) is 10.4. The summed E-state index contributed by atoms with van der Waals surface area (Å²) in [4.78, 5) is 16.1. The van der Waals surface area contributed by atoms with Gasteiger partial charge >= 0.3 is 0 Å². The van der Waals surface area contributed by atoms with E-state index in [1.165, 1.54) is 5.56 Å². The topological polar surface area (TPSA) is 65.0 Å². The van der Waals surface area contributed by atoms with Crippen molar-refractivity contribution in [2.75, 3.05) is 59.5 Å². The first-order valence-electron chi connectivity index (χ1n) is 8.61. The van der Waals surface area contributed by atoms with Crippen molar-refractivity contribution >= 4 is 5.91 Å². The van der Waals surface area contributed by atoms with Gasteiger partial charge in [-0.3, -0.25) is 14.6 Å². The highest BCUT2D eigenvalue weighted by atomic mass is 16.5. The predicted molar refractivity (Wildman–Crippen MR) is 93.9 cm³/mol. The van der Waals surface area contributed by atoms with Gasteiger partial charge in [-0.2, -0.15) is 0 Å². The van der Waals surface area contributed by atoms with Crippen LogP contribution in [0.4, 0.5) is 0 Å². The molecule has 1 saturated heterocycles. The van der Waals surface area contributed by atoms with Gasteiger partial charge in [0.1, 0.15) is 0 Å². The molecule has 0 aliphatic carbocycles. The van der Waals surface area contributed by atoms with E-state index in [2.05, 4.69) is 22.3 Å². The molecule has 1 aromatic rings. The fraction of sp³-hybridized carbons (Fsp3) is 0.611. The standard InChI is InChI=1S/C18H29N3O3/c1-20(8-7-16-5-3-2-4-6-16)15-18(23)19-13-17(22)14-21-9-11-24-12-10-21/h2-6,17,22H,7-15H2,1H3,(H,19,23). The molecule has 1 heterocycles. The number of benzene rings is 1. The third-order valence-corrected chi connectivity index (χ3v) is 4.15. The van der Waals surface area contributed by atoms with Crippen molar-refractivity contribution in [2.24, 2.45) is 0 Å². The summed E-state index contributed by atoms with van der Waals surface area (Å²) in [6.07, 6.45) is 0.381. The maximum Gasteiger partial charge on any atom is 0.234 e. The Morgan fingerprint density at radius 3 is 2.75 bits per heavy atom. The number of aliphatic hydroxyl groups is 1. The van der Waals surface area contributed by atoms with Gasteiger partial charge < -0.3 is 15.2 Å². The first-order chi connectivity index (χ1) is 11.6. The van der Waals surface area contributed by atoms with E-state index in [0.717, 1.165) is 26.1 Å². The van der Waals surface area contributed by atoms with Gasteiger partial charge in [0.2, 0.25) is 5.91 Å². The van der Waals surface area contributed by atoms with E-state index >= 15 is 0 Å². The van der Waals surface area contributed by atoms with Crippen LogP contribution in [0.5, 0.6) is 0 Å². The SMILES string of the molecule is CN(CCc1ccccc1)CC(=O)NCC(O)CN1CCOCC1. The molecule has 2 rings (SSSR count). The van der Waals surface area contributed by atoms with Crippen molar-refractivity contribution in [1.29, 1.82) is 0 Å². The van der Waals surface area contributed by atoms with Crippen molar-refractivity contribution in [3.05, 3.63) is 35.9 Å². The van der Waals surface area contributed by atoms with Gasteiger partial charge in [-0.1, -0.05) is 30.3 Å². The normalized spacial score (nSPS) is 17.0. The molecule has 6 nitrogen and oxygen atoms in total. The molecular formula is C18H29N3O3. The van der Waals surface area contributed by atoms with E-state index < -0.39 is 6.10 Å². The number of nitrogens with one attached hydrogen (secondary N) is 1. The van der Waals surface area contributed by atoms with Gasteiger partial charge in [-0.05, 0) is 19.0 Å². The molecule has 1 aliphatic heterocycles.